The second kappa shape index (κ2) is 5.30. The monoisotopic (exact) mass is 320 g/mol. The minimum atomic E-state index is -0.235. The van der Waals surface area contributed by atoms with Crippen molar-refractivity contribution in [3.8, 4) is 0 Å². The zero-order chi connectivity index (χ0) is 16.1. The molecule has 2 aromatic rings. The molecule has 0 saturated heterocycles. The summed E-state index contributed by atoms with van der Waals surface area (Å²) in [5.41, 5.74) is 1.09. The minimum absolute atomic E-state index is 0.235. The predicted molar refractivity (Wildman–Crippen MR) is 91.6 cm³/mol. The van der Waals surface area contributed by atoms with Crippen molar-refractivity contribution in [2.75, 3.05) is 10.6 Å². The van der Waals surface area contributed by atoms with Gasteiger partial charge in [-0.15, -0.1) is 10.2 Å². The van der Waals surface area contributed by atoms with Gasteiger partial charge in [-0.2, -0.15) is 0 Å². The summed E-state index contributed by atoms with van der Waals surface area (Å²) in [5.74, 6) is 4.12. The molecular formula is C19H20N4O. The van der Waals surface area contributed by atoms with Crippen molar-refractivity contribution in [2.45, 2.75) is 25.3 Å². The van der Waals surface area contributed by atoms with Crippen LogP contribution < -0.4 is 10.6 Å². The third-order valence-electron chi connectivity index (χ3n) is 5.98. The van der Waals surface area contributed by atoms with Crippen LogP contribution in [0.5, 0.6) is 0 Å². The van der Waals surface area contributed by atoms with Crippen molar-refractivity contribution in [1.82, 2.24) is 10.2 Å². The van der Waals surface area contributed by atoms with Crippen LogP contribution in [0.4, 0.5) is 11.5 Å². The molecular weight excluding hydrogens is 300 g/mol. The van der Waals surface area contributed by atoms with E-state index in [1.165, 1.54) is 19.3 Å². The van der Waals surface area contributed by atoms with Gasteiger partial charge in [-0.1, -0.05) is 18.2 Å². The average molecular weight is 320 g/mol. The van der Waals surface area contributed by atoms with Crippen LogP contribution in [0.1, 0.15) is 29.8 Å². The van der Waals surface area contributed by atoms with Crippen LogP contribution >= 0.6 is 0 Å². The summed E-state index contributed by atoms with van der Waals surface area (Å²) in [5, 5.41) is 14.6. The molecule has 3 aliphatic carbocycles. The first-order chi connectivity index (χ1) is 11.8. The number of carbonyl (C=O) groups excluding carboxylic acids is 1. The molecule has 2 N–H and O–H groups in total. The van der Waals surface area contributed by atoms with Gasteiger partial charge in [-0.3, -0.25) is 4.79 Å². The third-order valence-corrected chi connectivity index (χ3v) is 5.98. The number of amides is 1. The Bertz CT molecular complexity index is 745. The molecule has 4 atom stereocenters. The highest BCUT2D eigenvalue weighted by atomic mass is 16.1. The first-order valence-corrected chi connectivity index (χ1v) is 8.76. The molecule has 1 aromatic heterocycles. The van der Waals surface area contributed by atoms with Crippen LogP contribution in [0.3, 0.4) is 0 Å². The normalized spacial score (nSPS) is 32.2. The highest BCUT2D eigenvalue weighted by Gasteiger charge is 2.65. The maximum absolute atomic E-state index is 12.2. The van der Waals surface area contributed by atoms with Crippen molar-refractivity contribution in [2.24, 2.45) is 23.7 Å². The van der Waals surface area contributed by atoms with E-state index >= 15 is 0 Å². The van der Waals surface area contributed by atoms with Gasteiger partial charge < -0.3 is 10.6 Å². The van der Waals surface area contributed by atoms with Gasteiger partial charge in [0, 0.05) is 11.7 Å². The second-order valence-electron chi connectivity index (χ2n) is 7.28. The Morgan fingerprint density at radius 2 is 1.71 bits per heavy atom. The van der Waals surface area contributed by atoms with Gasteiger partial charge in [0.05, 0.1) is 0 Å². The smallest absolute Gasteiger partial charge is 0.276 e. The Morgan fingerprint density at radius 3 is 2.38 bits per heavy atom. The number of para-hydroxylation sites is 1. The van der Waals surface area contributed by atoms with Crippen LogP contribution in [0.25, 0.3) is 0 Å². The lowest BCUT2D eigenvalue weighted by Gasteiger charge is -2.11. The molecule has 1 heterocycles. The number of hydrogen-bond acceptors (Lipinski definition) is 4. The summed E-state index contributed by atoms with van der Waals surface area (Å²) < 4.78 is 0. The van der Waals surface area contributed by atoms with Gasteiger partial charge in [0.15, 0.2) is 5.69 Å². The van der Waals surface area contributed by atoms with E-state index in [2.05, 4.69) is 20.8 Å². The number of aromatic nitrogens is 2. The number of fused-ring (bicyclic) bond motifs is 5. The number of nitrogens with one attached hydrogen (secondary N) is 2. The zero-order valence-electron chi connectivity index (χ0n) is 13.4. The van der Waals surface area contributed by atoms with E-state index in [0.29, 0.717) is 11.7 Å². The maximum Gasteiger partial charge on any atom is 0.276 e. The summed E-state index contributed by atoms with van der Waals surface area (Å²) >= 11 is 0. The summed E-state index contributed by atoms with van der Waals surface area (Å²) in [7, 11) is 0. The fourth-order valence-electron chi connectivity index (χ4n) is 4.94. The number of anilines is 2. The van der Waals surface area contributed by atoms with Gasteiger partial charge in [0.25, 0.3) is 5.91 Å². The minimum Gasteiger partial charge on any atom is -0.365 e. The van der Waals surface area contributed by atoms with Crippen molar-refractivity contribution in [1.29, 1.82) is 0 Å². The molecule has 5 nitrogen and oxygen atoms in total. The lowest BCUT2D eigenvalue weighted by atomic mass is 10.0. The topological polar surface area (TPSA) is 66.9 Å². The van der Waals surface area contributed by atoms with Crippen LogP contribution in [0.15, 0.2) is 42.5 Å². The maximum atomic E-state index is 12.2. The Kier molecular flexibility index (Phi) is 3.08. The van der Waals surface area contributed by atoms with Gasteiger partial charge in [-0.05, 0) is 67.2 Å². The van der Waals surface area contributed by atoms with E-state index in [0.717, 1.165) is 35.2 Å². The third kappa shape index (κ3) is 2.27. The van der Waals surface area contributed by atoms with Crippen molar-refractivity contribution in [3.63, 3.8) is 0 Å². The van der Waals surface area contributed by atoms with E-state index in [4.69, 9.17) is 0 Å². The molecule has 5 rings (SSSR count). The molecule has 122 valence electrons. The molecule has 1 amide bonds. The molecule has 0 aliphatic heterocycles. The first kappa shape index (κ1) is 14.0. The molecule has 24 heavy (non-hydrogen) atoms. The van der Waals surface area contributed by atoms with E-state index in [1.807, 2.05) is 36.4 Å². The van der Waals surface area contributed by atoms with Gasteiger partial charge in [0.1, 0.15) is 5.82 Å². The molecule has 3 saturated carbocycles. The zero-order valence-corrected chi connectivity index (χ0v) is 13.4. The summed E-state index contributed by atoms with van der Waals surface area (Å²) in [6.07, 6.45) is 4.26. The molecule has 0 radical (unpaired) electrons. The number of benzene rings is 1. The summed E-state index contributed by atoms with van der Waals surface area (Å²) in [4.78, 5) is 12.2. The molecule has 2 bridgehead atoms. The van der Waals surface area contributed by atoms with E-state index < -0.39 is 0 Å². The van der Waals surface area contributed by atoms with Crippen molar-refractivity contribution in [3.05, 3.63) is 48.2 Å². The Labute approximate surface area is 140 Å². The highest BCUT2D eigenvalue weighted by molar-refractivity contribution is 6.02. The standard InChI is InChI=1S/C19H20N4O/c24-19(20-13-4-2-1-3-5-13)14-8-9-15(23-22-14)21-18-16-11-6-7-12(10-11)17(16)18/h1-5,8-9,11-12,16-18H,6-7,10H2,(H,20,24)(H,21,23). The van der Waals surface area contributed by atoms with Gasteiger partial charge in [-0.25, -0.2) is 0 Å². The van der Waals surface area contributed by atoms with Gasteiger partial charge in [0.2, 0.25) is 0 Å². The average Bonchev–Trinajstić information content (AvgIpc) is 3.00. The number of hydrogen-bond donors (Lipinski definition) is 2. The molecule has 1 aromatic carbocycles. The largest absolute Gasteiger partial charge is 0.365 e. The second-order valence-corrected chi connectivity index (χ2v) is 7.28. The van der Waals surface area contributed by atoms with Crippen LogP contribution in [0, 0.1) is 23.7 Å². The fraction of sp³-hybridized carbons (Fsp3) is 0.421. The quantitative estimate of drug-likeness (QED) is 0.908. The Morgan fingerprint density at radius 1 is 0.958 bits per heavy atom. The molecule has 4 unspecified atom stereocenters. The fourth-order valence-corrected chi connectivity index (χ4v) is 4.94. The first-order valence-electron chi connectivity index (χ1n) is 8.76. The lowest BCUT2D eigenvalue weighted by molar-refractivity contribution is 0.102. The Hall–Kier alpha value is -2.43. The summed E-state index contributed by atoms with van der Waals surface area (Å²) in [6.45, 7) is 0. The number of carbonyl (C=O) groups is 1. The van der Waals surface area contributed by atoms with Crippen molar-refractivity contribution >= 4 is 17.4 Å². The molecule has 3 aliphatic rings. The SMILES string of the molecule is O=C(Nc1ccccc1)c1ccc(NC2C3C4CCC(C4)C23)nn1. The van der Waals surface area contributed by atoms with Gasteiger partial charge >= 0.3 is 0 Å². The van der Waals surface area contributed by atoms with E-state index in [-0.39, 0.29) is 5.91 Å². The molecule has 0 spiro atoms. The lowest BCUT2D eigenvalue weighted by Crippen LogP contribution is -2.17. The molecule has 3 fully saturated rings. The Balaban J connectivity index is 1.22. The van der Waals surface area contributed by atoms with Crippen molar-refractivity contribution < 1.29 is 4.79 Å². The van der Waals surface area contributed by atoms with E-state index in [9.17, 15) is 4.79 Å². The number of rotatable bonds is 4. The number of nitrogens with zero attached hydrogens (tertiary/aromatic N) is 2. The highest BCUT2D eigenvalue weighted by Crippen LogP contribution is 2.66. The predicted octanol–water partition coefficient (Wildman–Crippen LogP) is 3.19. The van der Waals surface area contributed by atoms with Crippen LogP contribution in [0.2, 0.25) is 0 Å². The van der Waals surface area contributed by atoms with Crippen LogP contribution in [-0.4, -0.2) is 22.1 Å². The summed E-state index contributed by atoms with van der Waals surface area (Å²) in [6, 6.07) is 13.6. The van der Waals surface area contributed by atoms with Crippen LogP contribution in [-0.2, 0) is 0 Å². The van der Waals surface area contributed by atoms with E-state index in [1.54, 1.807) is 6.07 Å². The molecule has 5 heteroatoms.